The van der Waals surface area contributed by atoms with Gasteiger partial charge in [0.25, 0.3) is 0 Å². The third-order valence-corrected chi connectivity index (χ3v) is 12.8. The lowest BCUT2D eigenvalue weighted by Gasteiger charge is -2.47. The van der Waals surface area contributed by atoms with E-state index in [0.717, 1.165) is 38.3 Å². The number of benzene rings is 3. The molecule has 10 nitrogen and oxygen atoms in total. The lowest BCUT2D eigenvalue weighted by Crippen LogP contribution is -2.59. The minimum atomic E-state index is -1.03. The van der Waals surface area contributed by atoms with Crippen molar-refractivity contribution in [2.45, 2.75) is 88.3 Å². The Morgan fingerprint density at radius 1 is 1.07 bits per heavy atom. The smallest absolute Gasteiger partial charge is 0.508 e. The number of aryl methyl sites for hydroxylation is 2. The van der Waals surface area contributed by atoms with E-state index in [9.17, 15) is 14.3 Å². The molecule has 0 unspecified atom stereocenters. The van der Waals surface area contributed by atoms with Crippen molar-refractivity contribution in [1.29, 1.82) is 0 Å². The molecule has 1 N–H and O–H groups in total. The first-order valence-electron chi connectivity index (χ1n) is 18.8. The summed E-state index contributed by atoms with van der Waals surface area (Å²) in [6, 6.07) is 4.76. The van der Waals surface area contributed by atoms with Crippen LogP contribution in [0.5, 0.6) is 11.8 Å². The first-order valence-corrected chi connectivity index (χ1v) is 18.8. The van der Waals surface area contributed by atoms with Crippen LogP contribution < -0.4 is 15.5 Å². The number of anilines is 1. The number of terminal acetylenes is 1. The van der Waals surface area contributed by atoms with Crippen LogP contribution in [0.3, 0.4) is 0 Å². The molecule has 7 heterocycles. The van der Waals surface area contributed by atoms with Gasteiger partial charge in [0.15, 0.2) is 11.6 Å². The normalized spacial score (nSPS) is 26.1. The fraction of sp³-hybridized carbons (Fsp3) is 0.439. The molecule has 0 amide bonds. The van der Waals surface area contributed by atoms with Crippen LogP contribution in [0.25, 0.3) is 32.8 Å². The standard InChI is InChI=1S/C41H37F4N5O5/c1-3-25-28(43)8-5-21-13-24(51)14-27(32(21)25)33-35(44)26-7-10-30-29-9-6-23(49(29)18-31-20(2)54-40(52)55-31)17-50(30)38-34(26)37(36(33)45)46-39(47-38)53-19-41-11-4-12-48(41)16-22(42)15-41/h1,5,8,13-14,22-23,29-30,51H,4,6-7,9-12,15-19H2,2H3/t22-,23-,29+,30-,41+/m1/s1. The van der Waals surface area contributed by atoms with E-state index in [2.05, 4.69) is 25.6 Å². The Morgan fingerprint density at radius 3 is 2.73 bits per heavy atom. The van der Waals surface area contributed by atoms with Crippen molar-refractivity contribution in [2.24, 2.45) is 0 Å². The number of fused-ring (bicyclic) bond motifs is 7. The highest BCUT2D eigenvalue weighted by atomic mass is 19.1. The number of alkyl halides is 1. The van der Waals surface area contributed by atoms with Gasteiger partial charge in [0.2, 0.25) is 0 Å². The van der Waals surface area contributed by atoms with Crippen LogP contribution in [0.15, 0.2) is 37.9 Å². The number of ether oxygens (including phenoxy) is 1. The van der Waals surface area contributed by atoms with E-state index < -0.39 is 40.5 Å². The van der Waals surface area contributed by atoms with Crippen molar-refractivity contribution in [3.8, 4) is 35.2 Å². The van der Waals surface area contributed by atoms with Gasteiger partial charge >= 0.3 is 11.8 Å². The summed E-state index contributed by atoms with van der Waals surface area (Å²) in [5.74, 6) is -0.146. The van der Waals surface area contributed by atoms with Crippen molar-refractivity contribution in [1.82, 2.24) is 19.8 Å². The number of phenols is 1. The molecule has 0 radical (unpaired) electrons. The topological polar surface area (TPSA) is 108 Å². The summed E-state index contributed by atoms with van der Waals surface area (Å²) < 4.78 is 81.6. The van der Waals surface area contributed by atoms with E-state index in [1.807, 2.05) is 0 Å². The summed E-state index contributed by atoms with van der Waals surface area (Å²) in [6.45, 7) is 3.69. The zero-order valence-corrected chi connectivity index (χ0v) is 30.0. The van der Waals surface area contributed by atoms with Gasteiger partial charge in [-0.3, -0.25) is 9.80 Å². The quantitative estimate of drug-likeness (QED) is 0.152. The van der Waals surface area contributed by atoms with Crippen molar-refractivity contribution in [3.05, 3.63) is 75.0 Å². The van der Waals surface area contributed by atoms with Gasteiger partial charge in [0.1, 0.15) is 47.3 Å². The molecule has 0 spiro atoms. The summed E-state index contributed by atoms with van der Waals surface area (Å²) in [7, 11) is 0. The van der Waals surface area contributed by atoms with E-state index >= 15 is 13.2 Å². The molecule has 55 heavy (non-hydrogen) atoms. The zero-order chi connectivity index (χ0) is 37.9. The van der Waals surface area contributed by atoms with Gasteiger partial charge in [-0.15, -0.1) is 6.42 Å². The van der Waals surface area contributed by atoms with Crippen LogP contribution in [0.1, 0.15) is 61.2 Å². The van der Waals surface area contributed by atoms with Gasteiger partial charge in [0, 0.05) is 54.1 Å². The fourth-order valence-electron chi connectivity index (χ4n) is 10.5. The van der Waals surface area contributed by atoms with Crippen LogP contribution in [-0.2, 0) is 13.0 Å². The molecule has 3 aromatic carbocycles. The molecule has 5 aromatic rings. The molecule has 4 saturated heterocycles. The van der Waals surface area contributed by atoms with E-state index in [1.54, 1.807) is 6.92 Å². The van der Waals surface area contributed by atoms with E-state index in [4.69, 9.17) is 25.0 Å². The van der Waals surface area contributed by atoms with Crippen molar-refractivity contribution >= 4 is 27.5 Å². The van der Waals surface area contributed by atoms with E-state index in [-0.39, 0.29) is 75.9 Å². The van der Waals surface area contributed by atoms with Crippen molar-refractivity contribution < 1.29 is 36.2 Å². The molecule has 10 rings (SSSR count). The Bertz CT molecular complexity index is 2530. The van der Waals surface area contributed by atoms with Gasteiger partial charge in [0.05, 0.1) is 28.6 Å². The Balaban J connectivity index is 1.15. The van der Waals surface area contributed by atoms with E-state index in [0.29, 0.717) is 55.2 Å². The molecule has 5 aliphatic rings. The first kappa shape index (κ1) is 34.4. The molecular formula is C41H37F4N5O5. The second kappa shape index (κ2) is 12.4. The number of aromatic nitrogens is 2. The van der Waals surface area contributed by atoms with Crippen LogP contribution in [0.4, 0.5) is 23.4 Å². The maximum atomic E-state index is 17.4. The molecule has 14 heteroatoms. The lowest BCUT2D eigenvalue weighted by molar-refractivity contribution is 0.106. The molecule has 5 aliphatic heterocycles. The maximum absolute atomic E-state index is 17.4. The van der Waals surface area contributed by atoms with Crippen LogP contribution in [0.2, 0.25) is 0 Å². The minimum absolute atomic E-state index is 0.00686. The number of nitrogens with zero attached hydrogens (tertiary/aromatic N) is 5. The summed E-state index contributed by atoms with van der Waals surface area (Å²) in [5.41, 5.74) is -1.32. The number of hydrogen-bond acceptors (Lipinski definition) is 10. The van der Waals surface area contributed by atoms with E-state index in [1.165, 1.54) is 18.2 Å². The number of aromatic hydroxyl groups is 1. The second-order valence-corrected chi connectivity index (χ2v) is 15.7. The molecule has 5 atom stereocenters. The van der Waals surface area contributed by atoms with Crippen LogP contribution >= 0.6 is 0 Å². The molecule has 2 bridgehead atoms. The molecular weight excluding hydrogens is 718 g/mol. The van der Waals surface area contributed by atoms with Crippen molar-refractivity contribution in [2.75, 3.05) is 31.1 Å². The third kappa shape index (κ3) is 5.19. The highest BCUT2D eigenvalue weighted by Crippen LogP contribution is 2.48. The molecule has 2 aromatic heterocycles. The Labute approximate surface area is 312 Å². The lowest BCUT2D eigenvalue weighted by atomic mass is 9.90. The number of halogens is 4. The summed E-state index contributed by atoms with van der Waals surface area (Å²) >= 11 is 0. The van der Waals surface area contributed by atoms with Crippen LogP contribution in [0, 0.1) is 36.7 Å². The molecule has 0 aliphatic carbocycles. The maximum Gasteiger partial charge on any atom is 0.519 e. The summed E-state index contributed by atoms with van der Waals surface area (Å²) in [4.78, 5) is 28.0. The summed E-state index contributed by atoms with van der Waals surface area (Å²) in [6.07, 6.45) is 9.03. The van der Waals surface area contributed by atoms with Gasteiger partial charge in [-0.05, 0) is 75.6 Å². The average molecular weight is 756 g/mol. The molecule has 284 valence electrons. The first-order chi connectivity index (χ1) is 26.5. The number of rotatable bonds is 6. The van der Waals surface area contributed by atoms with Crippen molar-refractivity contribution in [3.63, 3.8) is 0 Å². The minimum Gasteiger partial charge on any atom is -0.508 e. The largest absolute Gasteiger partial charge is 0.519 e. The average Bonchev–Trinajstić information content (AvgIpc) is 3.83. The molecule has 4 fully saturated rings. The fourth-order valence-corrected chi connectivity index (χ4v) is 10.5. The third-order valence-electron chi connectivity index (χ3n) is 12.8. The monoisotopic (exact) mass is 755 g/mol. The predicted molar refractivity (Wildman–Crippen MR) is 194 cm³/mol. The Morgan fingerprint density at radius 2 is 1.93 bits per heavy atom. The zero-order valence-electron chi connectivity index (χ0n) is 30.0. The number of phenolic OH excluding ortho intramolecular Hbond substituents is 1. The summed E-state index contributed by atoms with van der Waals surface area (Å²) in [5, 5.41) is 11.4. The van der Waals surface area contributed by atoms with Gasteiger partial charge in [-0.25, -0.2) is 22.4 Å². The van der Waals surface area contributed by atoms with Gasteiger partial charge in [-0.1, -0.05) is 12.0 Å². The van der Waals surface area contributed by atoms with Crippen LogP contribution in [-0.4, -0.2) is 81.0 Å². The highest BCUT2D eigenvalue weighted by molar-refractivity contribution is 6.05. The Hall–Kier alpha value is -5.13. The number of hydrogen-bond donors (Lipinski definition) is 1. The Kier molecular flexibility index (Phi) is 7.77. The second-order valence-electron chi connectivity index (χ2n) is 15.7. The van der Waals surface area contributed by atoms with Gasteiger partial charge < -0.3 is 23.6 Å². The predicted octanol–water partition coefficient (Wildman–Crippen LogP) is 6.53. The SMILES string of the molecule is C#Cc1c(F)ccc2cc(O)cc(-c3c(F)c4c5c(nc(OC[C@@]67CCCN6C[C@H](F)C7)nc5c3F)N3C[C@H]5CC[C@@H]([C@H]3CC4)N5Cc3oc(=O)oc3C)c12. The highest BCUT2D eigenvalue weighted by Gasteiger charge is 2.51. The molecule has 0 saturated carbocycles. The number of piperazine rings is 1. The van der Waals surface area contributed by atoms with Gasteiger partial charge in [-0.2, -0.15) is 9.97 Å².